The summed E-state index contributed by atoms with van der Waals surface area (Å²) >= 11 is 0. The van der Waals surface area contributed by atoms with Crippen LogP contribution in [-0.4, -0.2) is 37.2 Å². The van der Waals surface area contributed by atoms with Crippen LogP contribution in [0.25, 0.3) is 0 Å². The van der Waals surface area contributed by atoms with Crippen molar-refractivity contribution in [3.63, 3.8) is 0 Å². The molecule has 0 saturated heterocycles. The third-order valence-electron chi connectivity index (χ3n) is 12.6. The molecular formula is C64H110O6. The van der Waals surface area contributed by atoms with Crippen molar-refractivity contribution in [3.05, 3.63) is 85.1 Å². The van der Waals surface area contributed by atoms with E-state index in [0.29, 0.717) is 19.3 Å². The first kappa shape index (κ1) is 66.6. The van der Waals surface area contributed by atoms with Gasteiger partial charge in [0.2, 0.25) is 0 Å². The quantitative estimate of drug-likeness (QED) is 0.0199. The Bertz CT molecular complexity index is 1350. The van der Waals surface area contributed by atoms with Gasteiger partial charge in [-0.1, -0.05) is 247 Å². The SMILES string of the molecule is CC/C=C\C/C=C\C/C=C\CCCCCCCCCCCC(=O)OCC(COC(=O)CCCCCCCCC/C=C\C/C=C\CC)OC(=O)CCCCCCCCCCCC/C=C\C=C/CCCCC. The molecule has 0 radical (unpaired) electrons. The number of ether oxygens (including phenoxy) is 3. The van der Waals surface area contributed by atoms with E-state index in [-0.39, 0.29) is 31.1 Å². The first-order valence-electron chi connectivity index (χ1n) is 29.6. The minimum Gasteiger partial charge on any atom is -0.462 e. The van der Waals surface area contributed by atoms with Crippen molar-refractivity contribution in [1.82, 2.24) is 0 Å². The monoisotopic (exact) mass is 975 g/mol. The van der Waals surface area contributed by atoms with Gasteiger partial charge in [-0.15, -0.1) is 0 Å². The largest absolute Gasteiger partial charge is 0.462 e. The van der Waals surface area contributed by atoms with Crippen LogP contribution in [0.15, 0.2) is 85.1 Å². The third-order valence-corrected chi connectivity index (χ3v) is 12.6. The Morgan fingerprint density at radius 3 is 0.957 bits per heavy atom. The van der Waals surface area contributed by atoms with Crippen molar-refractivity contribution < 1.29 is 28.6 Å². The number of hydrogen-bond donors (Lipinski definition) is 0. The van der Waals surface area contributed by atoms with Gasteiger partial charge in [0, 0.05) is 19.3 Å². The topological polar surface area (TPSA) is 78.9 Å². The second-order valence-electron chi connectivity index (χ2n) is 19.5. The highest BCUT2D eigenvalue weighted by atomic mass is 16.6. The Balaban J connectivity index is 4.38. The first-order chi connectivity index (χ1) is 34.5. The normalized spacial score (nSPS) is 12.7. The number of allylic oxidation sites excluding steroid dienone is 14. The van der Waals surface area contributed by atoms with Gasteiger partial charge in [0.15, 0.2) is 6.10 Å². The van der Waals surface area contributed by atoms with E-state index in [9.17, 15) is 14.4 Å². The Hall–Kier alpha value is -3.41. The van der Waals surface area contributed by atoms with Crippen LogP contribution in [0.2, 0.25) is 0 Å². The maximum Gasteiger partial charge on any atom is 0.306 e. The van der Waals surface area contributed by atoms with E-state index in [1.165, 1.54) is 148 Å². The van der Waals surface area contributed by atoms with Crippen LogP contribution in [0.3, 0.4) is 0 Å². The van der Waals surface area contributed by atoms with Crippen molar-refractivity contribution in [2.24, 2.45) is 0 Å². The lowest BCUT2D eigenvalue weighted by molar-refractivity contribution is -0.167. The molecule has 70 heavy (non-hydrogen) atoms. The summed E-state index contributed by atoms with van der Waals surface area (Å²) < 4.78 is 16.9. The zero-order valence-corrected chi connectivity index (χ0v) is 46.0. The summed E-state index contributed by atoms with van der Waals surface area (Å²) in [7, 11) is 0. The lowest BCUT2D eigenvalue weighted by atomic mass is 10.1. The van der Waals surface area contributed by atoms with Gasteiger partial charge in [-0.05, 0) is 103 Å². The molecule has 0 N–H and O–H groups in total. The third kappa shape index (κ3) is 55.5. The van der Waals surface area contributed by atoms with Crippen molar-refractivity contribution in [2.45, 2.75) is 290 Å². The predicted molar refractivity (Wildman–Crippen MR) is 302 cm³/mol. The molecule has 1 unspecified atom stereocenters. The first-order valence-corrected chi connectivity index (χ1v) is 29.6. The number of carbonyl (C=O) groups excluding carboxylic acids is 3. The smallest absolute Gasteiger partial charge is 0.306 e. The van der Waals surface area contributed by atoms with Gasteiger partial charge >= 0.3 is 17.9 Å². The summed E-state index contributed by atoms with van der Waals surface area (Å²) in [4.78, 5) is 38.2. The Kier molecular flexibility index (Phi) is 55.3. The van der Waals surface area contributed by atoms with E-state index in [4.69, 9.17) is 14.2 Å². The van der Waals surface area contributed by atoms with Gasteiger partial charge < -0.3 is 14.2 Å². The van der Waals surface area contributed by atoms with E-state index in [0.717, 1.165) is 96.3 Å². The summed E-state index contributed by atoms with van der Waals surface area (Å²) in [6.07, 6.45) is 75.7. The number of esters is 3. The molecule has 0 aliphatic carbocycles. The zero-order valence-electron chi connectivity index (χ0n) is 46.0. The molecular weight excluding hydrogens is 865 g/mol. The Morgan fingerprint density at radius 1 is 0.314 bits per heavy atom. The highest BCUT2D eigenvalue weighted by molar-refractivity contribution is 5.71. The maximum atomic E-state index is 12.9. The molecule has 6 heteroatoms. The van der Waals surface area contributed by atoms with Crippen molar-refractivity contribution in [1.29, 1.82) is 0 Å². The van der Waals surface area contributed by atoms with Crippen LogP contribution in [0.1, 0.15) is 284 Å². The van der Waals surface area contributed by atoms with Crippen LogP contribution in [0.4, 0.5) is 0 Å². The maximum absolute atomic E-state index is 12.9. The van der Waals surface area contributed by atoms with Crippen molar-refractivity contribution in [2.75, 3.05) is 13.2 Å². The summed E-state index contributed by atoms with van der Waals surface area (Å²) in [6.45, 7) is 6.40. The van der Waals surface area contributed by atoms with Gasteiger partial charge in [0.1, 0.15) is 13.2 Å². The standard InChI is InChI=1S/C64H110O6/c1-4-7-10-13-16-19-22-25-28-30-32-34-36-39-42-45-48-51-54-57-63(66)69-60-61(59-68-62(65)56-53-50-47-44-41-38-27-24-21-18-15-12-9-6-3)70-64(67)58-55-52-49-46-43-40-37-35-33-31-29-26-23-20-17-14-11-8-5-2/h7,9-10,12,16-21,23,25-26,28,61H,4-6,8,11,13-15,22,24,27,29-60H2,1-3H3/b10-7-,12-9-,19-16-,20-17-,21-18-,26-23-,28-25-. The average molecular weight is 976 g/mol. The fourth-order valence-electron chi connectivity index (χ4n) is 8.25. The van der Waals surface area contributed by atoms with Crippen molar-refractivity contribution >= 4 is 17.9 Å². The summed E-state index contributed by atoms with van der Waals surface area (Å²) in [5, 5.41) is 0. The fraction of sp³-hybridized carbons (Fsp3) is 0.734. The molecule has 6 nitrogen and oxygen atoms in total. The van der Waals surface area contributed by atoms with Gasteiger partial charge in [-0.3, -0.25) is 14.4 Å². The molecule has 0 bridgehead atoms. The van der Waals surface area contributed by atoms with Gasteiger partial charge in [-0.25, -0.2) is 0 Å². The number of unbranched alkanes of at least 4 members (excludes halogenated alkanes) is 29. The minimum absolute atomic E-state index is 0.0828. The van der Waals surface area contributed by atoms with Crippen LogP contribution in [-0.2, 0) is 28.6 Å². The van der Waals surface area contributed by atoms with Gasteiger partial charge in [0.25, 0.3) is 0 Å². The second-order valence-corrected chi connectivity index (χ2v) is 19.5. The molecule has 0 fully saturated rings. The fourth-order valence-corrected chi connectivity index (χ4v) is 8.25. The zero-order chi connectivity index (χ0) is 50.7. The van der Waals surface area contributed by atoms with Crippen molar-refractivity contribution in [3.8, 4) is 0 Å². The lowest BCUT2D eigenvalue weighted by Gasteiger charge is -2.18. The van der Waals surface area contributed by atoms with E-state index in [1.807, 2.05) is 0 Å². The molecule has 0 spiro atoms. The van der Waals surface area contributed by atoms with Crippen LogP contribution >= 0.6 is 0 Å². The van der Waals surface area contributed by atoms with Crippen LogP contribution in [0.5, 0.6) is 0 Å². The molecule has 0 aromatic carbocycles. The van der Waals surface area contributed by atoms with Crippen LogP contribution in [0, 0.1) is 0 Å². The number of rotatable bonds is 53. The molecule has 402 valence electrons. The summed E-state index contributed by atoms with van der Waals surface area (Å²) in [5.41, 5.74) is 0. The number of carbonyl (C=O) groups is 3. The average Bonchev–Trinajstić information content (AvgIpc) is 3.36. The van der Waals surface area contributed by atoms with E-state index in [2.05, 4.69) is 106 Å². The summed E-state index contributed by atoms with van der Waals surface area (Å²) in [5.74, 6) is -0.892. The second kappa shape index (κ2) is 58.2. The lowest BCUT2D eigenvalue weighted by Crippen LogP contribution is -2.30. The van der Waals surface area contributed by atoms with Gasteiger partial charge in [-0.2, -0.15) is 0 Å². The Morgan fingerprint density at radius 2 is 0.600 bits per heavy atom. The van der Waals surface area contributed by atoms with E-state index < -0.39 is 6.10 Å². The van der Waals surface area contributed by atoms with E-state index in [1.54, 1.807) is 0 Å². The summed E-state index contributed by atoms with van der Waals surface area (Å²) in [6, 6.07) is 0. The molecule has 0 rings (SSSR count). The molecule has 0 aliphatic heterocycles. The molecule has 0 aliphatic rings. The van der Waals surface area contributed by atoms with Gasteiger partial charge in [0.05, 0.1) is 0 Å². The molecule has 0 aromatic rings. The highest BCUT2D eigenvalue weighted by Gasteiger charge is 2.19. The molecule has 0 heterocycles. The predicted octanol–water partition coefficient (Wildman–Crippen LogP) is 19.9. The Labute approximate surface area is 433 Å². The highest BCUT2D eigenvalue weighted by Crippen LogP contribution is 2.16. The molecule has 0 amide bonds. The molecule has 0 saturated carbocycles. The molecule has 1 atom stereocenters. The van der Waals surface area contributed by atoms with Crippen LogP contribution < -0.4 is 0 Å². The minimum atomic E-state index is -0.785. The number of hydrogen-bond acceptors (Lipinski definition) is 6. The molecule has 0 aromatic heterocycles. The van der Waals surface area contributed by atoms with E-state index >= 15 is 0 Å².